The van der Waals surface area contributed by atoms with E-state index in [1.165, 1.54) is 9.80 Å². The monoisotopic (exact) mass is 500 g/mol. The molecule has 0 bridgehead atoms. The number of hydrogen-bond donors (Lipinski definition) is 2. The molecule has 0 spiro atoms. The Morgan fingerprint density at radius 3 is 1.97 bits per heavy atom. The fourth-order valence-corrected chi connectivity index (χ4v) is 4.84. The van der Waals surface area contributed by atoms with Gasteiger partial charge in [0.25, 0.3) is 0 Å². The molecule has 0 aromatic heterocycles. The van der Waals surface area contributed by atoms with Crippen LogP contribution in [0.1, 0.15) is 28.7 Å². The van der Waals surface area contributed by atoms with E-state index in [9.17, 15) is 24.6 Å². The molecular weight excluding hydrogens is 468 g/mol. The summed E-state index contributed by atoms with van der Waals surface area (Å²) in [5, 5.41) is 19.9. The van der Waals surface area contributed by atoms with Gasteiger partial charge in [0.15, 0.2) is 0 Å². The van der Waals surface area contributed by atoms with Crippen LogP contribution in [0.15, 0.2) is 84.9 Å². The number of aryl methyl sites for hydroxylation is 1. The summed E-state index contributed by atoms with van der Waals surface area (Å²) in [6.45, 7) is 0.482. The second-order valence-corrected chi connectivity index (χ2v) is 9.48. The zero-order valence-corrected chi connectivity index (χ0v) is 20.7. The Morgan fingerprint density at radius 1 is 0.811 bits per heavy atom. The molecular formula is C30H32N2O5. The van der Waals surface area contributed by atoms with Crippen molar-refractivity contribution in [3.63, 3.8) is 0 Å². The van der Waals surface area contributed by atoms with Crippen LogP contribution in [-0.2, 0) is 35.4 Å². The highest BCUT2D eigenvalue weighted by Crippen LogP contribution is 2.25. The molecule has 2 amide bonds. The number of amides is 2. The first kappa shape index (κ1) is 25.9. The third-order valence-electron chi connectivity index (χ3n) is 6.98. The third kappa shape index (κ3) is 6.76. The average Bonchev–Trinajstić information content (AvgIpc) is 2.92. The molecule has 3 aromatic carbocycles. The molecule has 2 N–H and O–H groups in total. The van der Waals surface area contributed by atoms with Crippen LogP contribution >= 0.6 is 0 Å². The van der Waals surface area contributed by atoms with Crippen LogP contribution in [0.4, 0.5) is 4.79 Å². The predicted molar refractivity (Wildman–Crippen MR) is 140 cm³/mol. The van der Waals surface area contributed by atoms with Crippen LogP contribution in [0.2, 0.25) is 0 Å². The summed E-state index contributed by atoms with van der Waals surface area (Å²) in [7, 11) is 0. The first-order chi connectivity index (χ1) is 17.9. The van der Waals surface area contributed by atoms with Gasteiger partial charge in [-0.2, -0.15) is 0 Å². The van der Waals surface area contributed by atoms with E-state index in [0.717, 1.165) is 22.3 Å². The fraction of sp³-hybridized carbons (Fsp3) is 0.300. The molecule has 192 valence electrons. The van der Waals surface area contributed by atoms with E-state index in [2.05, 4.69) is 0 Å². The summed E-state index contributed by atoms with van der Waals surface area (Å²) in [6, 6.07) is 25.4. The highest BCUT2D eigenvalue weighted by Gasteiger charge is 2.37. The molecule has 1 aliphatic rings. The molecule has 2 atom stereocenters. The lowest BCUT2D eigenvalue weighted by atomic mass is 9.94. The maximum atomic E-state index is 13.9. The van der Waals surface area contributed by atoms with Crippen LogP contribution in [0.5, 0.6) is 0 Å². The van der Waals surface area contributed by atoms with E-state index in [4.69, 9.17) is 0 Å². The number of fused-ring (bicyclic) bond motifs is 1. The van der Waals surface area contributed by atoms with Crippen molar-refractivity contribution in [2.45, 2.75) is 38.3 Å². The lowest BCUT2D eigenvalue weighted by molar-refractivity contribution is -0.144. The van der Waals surface area contributed by atoms with Gasteiger partial charge in [-0.1, -0.05) is 84.9 Å². The molecule has 4 rings (SSSR count). The lowest BCUT2D eigenvalue weighted by Crippen LogP contribution is -2.54. The van der Waals surface area contributed by atoms with Crippen molar-refractivity contribution in [2.75, 3.05) is 13.1 Å². The van der Waals surface area contributed by atoms with E-state index < -0.39 is 29.9 Å². The Bertz CT molecular complexity index is 1210. The van der Waals surface area contributed by atoms with Crippen molar-refractivity contribution in [3.05, 3.63) is 107 Å². The van der Waals surface area contributed by atoms with Crippen molar-refractivity contribution in [2.24, 2.45) is 5.92 Å². The fourth-order valence-electron chi connectivity index (χ4n) is 4.84. The standard InChI is InChI=1S/C30H32N2O5/c33-28(34)26(16-15-22-9-3-1-4-10-22)20-31(18-17-23-11-5-2-6-12-23)30(37)32-21-25-14-8-7-13-24(25)19-27(32)29(35)36/h1-14,26-27H,15-21H2,(H,33,34)(H,35,36)/t26-,27+/m1/s1. The molecule has 3 aromatic rings. The van der Waals surface area contributed by atoms with Gasteiger partial charge < -0.3 is 20.0 Å². The largest absolute Gasteiger partial charge is 0.481 e. The van der Waals surface area contributed by atoms with Gasteiger partial charge in [-0.05, 0) is 41.5 Å². The molecule has 7 heteroatoms. The zero-order valence-electron chi connectivity index (χ0n) is 20.7. The predicted octanol–water partition coefficient (Wildman–Crippen LogP) is 4.50. The molecule has 37 heavy (non-hydrogen) atoms. The van der Waals surface area contributed by atoms with Gasteiger partial charge in [-0.15, -0.1) is 0 Å². The average molecular weight is 501 g/mol. The van der Waals surface area contributed by atoms with E-state index >= 15 is 0 Å². The number of hydrogen-bond acceptors (Lipinski definition) is 3. The highest BCUT2D eigenvalue weighted by molar-refractivity contribution is 5.84. The Morgan fingerprint density at radius 2 is 1.38 bits per heavy atom. The summed E-state index contributed by atoms with van der Waals surface area (Å²) in [4.78, 5) is 41.2. The number of nitrogens with zero attached hydrogens (tertiary/aromatic N) is 2. The maximum Gasteiger partial charge on any atom is 0.326 e. The van der Waals surface area contributed by atoms with Crippen LogP contribution < -0.4 is 0 Å². The van der Waals surface area contributed by atoms with Crippen molar-refractivity contribution in [1.82, 2.24) is 9.80 Å². The van der Waals surface area contributed by atoms with Gasteiger partial charge in [-0.3, -0.25) is 4.79 Å². The quantitative estimate of drug-likeness (QED) is 0.427. The van der Waals surface area contributed by atoms with Crippen molar-refractivity contribution in [1.29, 1.82) is 0 Å². The first-order valence-electron chi connectivity index (χ1n) is 12.6. The van der Waals surface area contributed by atoms with E-state index in [1.807, 2.05) is 84.9 Å². The minimum atomic E-state index is -1.07. The summed E-state index contributed by atoms with van der Waals surface area (Å²) in [5.74, 6) is -2.81. The maximum absolute atomic E-state index is 13.9. The summed E-state index contributed by atoms with van der Waals surface area (Å²) in [5.41, 5.74) is 3.89. The number of rotatable bonds is 10. The van der Waals surface area contributed by atoms with E-state index in [1.54, 1.807) is 0 Å². The highest BCUT2D eigenvalue weighted by atomic mass is 16.4. The number of aliphatic carboxylic acids is 2. The molecule has 0 saturated carbocycles. The summed E-state index contributed by atoms with van der Waals surface area (Å²) in [6.07, 6.45) is 1.72. The van der Waals surface area contributed by atoms with E-state index in [-0.39, 0.29) is 19.5 Å². The molecule has 7 nitrogen and oxygen atoms in total. The van der Waals surface area contributed by atoms with Crippen LogP contribution in [0.3, 0.4) is 0 Å². The van der Waals surface area contributed by atoms with Gasteiger partial charge in [0.1, 0.15) is 6.04 Å². The molecule has 0 saturated heterocycles. The Labute approximate surface area is 217 Å². The van der Waals surface area contributed by atoms with Crippen molar-refractivity contribution in [3.8, 4) is 0 Å². The van der Waals surface area contributed by atoms with Crippen molar-refractivity contribution >= 4 is 18.0 Å². The molecule has 0 radical (unpaired) electrons. The molecule has 1 aliphatic heterocycles. The molecule has 0 fully saturated rings. The summed E-state index contributed by atoms with van der Waals surface area (Å²) < 4.78 is 0. The second-order valence-electron chi connectivity index (χ2n) is 9.48. The number of carbonyl (C=O) groups excluding carboxylic acids is 1. The van der Waals surface area contributed by atoms with Gasteiger partial charge in [0.2, 0.25) is 0 Å². The SMILES string of the molecule is O=C(O)[C@H](CCc1ccccc1)CN(CCc1ccccc1)C(=O)N1Cc2ccccc2C[C@H]1C(=O)O. The number of urea groups is 1. The van der Waals surface area contributed by atoms with Gasteiger partial charge in [0.05, 0.1) is 5.92 Å². The Kier molecular flexibility index (Phi) is 8.56. The van der Waals surface area contributed by atoms with Gasteiger partial charge in [0, 0.05) is 26.1 Å². The first-order valence-corrected chi connectivity index (χ1v) is 12.6. The lowest BCUT2D eigenvalue weighted by Gasteiger charge is -2.38. The second kappa shape index (κ2) is 12.2. The molecule has 0 aliphatic carbocycles. The Hall–Kier alpha value is -4.13. The third-order valence-corrected chi connectivity index (χ3v) is 6.98. The zero-order chi connectivity index (χ0) is 26.2. The number of carboxylic acid groups (broad SMARTS) is 2. The van der Waals surface area contributed by atoms with Gasteiger partial charge in [-0.25, -0.2) is 9.59 Å². The minimum absolute atomic E-state index is 0.0122. The summed E-state index contributed by atoms with van der Waals surface area (Å²) >= 11 is 0. The van der Waals surface area contributed by atoms with Crippen LogP contribution in [0, 0.1) is 5.92 Å². The minimum Gasteiger partial charge on any atom is -0.481 e. The van der Waals surface area contributed by atoms with E-state index in [0.29, 0.717) is 25.8 Å². The number of carboxylic acids is 2. The normalized spacial score (nSPS) is 15.5. The Balaban J connectivity index is 1.56. The number of carbonyl (C=O) groups is 3. The van der Waals surface area contributed by atoms with Gasteiger partial charge >= 0.3 is 18.0 Å². The van der Waals surface area contributed by atoms with Crippen LogP contribution in [-0.4, -0.2) is 57.1 Å². The van der Waals surface area contributed by atoms with Crippen molar-refractivity contribution < 1.29 is 24.6 Å². The smallest absolute Gasteiger partial charge is 0.326 e. The number of benzene rings is 3. The molecule has 0 unspecified atom stereocenters. The molecule has 1 heterocycles. The topological polar surface area (TPSA) is 98.2 Å². The van der Waals surface area contributed by atoms with Crippen LogP contribution in [0.25, 0.3) is 0 Å².